The fourth-order valence-electron chi connectivity index (χ4n) is 2.35. The Morgan fingerprint density at radius 1 is 1.38 bits per heavy atom. The second kappa shape index (κ2) is 5.80. The van der Waals surface area contributed by atoms with Crippen molar-refractivity contribution in [1.29, 1.82) is 5.26 Å². The molecule has 1 aromatic carbocycles. The van der Waals surface area contributed by atoms with Gasteiger partial charge in [-0.15, -0.1) is 0 Å². The Morgan fingerprint density at radius 2 is 2.19 bits per heavy atom. The van der Waals surface area contributed by atoms with Gasteiger partial charge in [-0.05, 0) is 30.9 Å². The number of hydrogen-bond donors (Lipinski definition) is 1. The molecule has 0 amide bonds. The molecule has 1 aliphatic rings. The molecule has 0 bridgehead atoms. The van der Waals surface area contributed by atoms with E-state index >= 15 is 0 Å². The molecule has 106 valence electrons. The maximum Gasteiger partial charge on any atom is 0.269 e. The Hall–Kier alpha value is -2.61. The molecule has 0 atom stereocenters. The first-order valence-electron chi connectivity index (χ1n) is 7.08. The van der Waals surface area contributed by atoms with E-state index < -0.39 is 0 Å². The van der Waals surface area contributed by atoms with E-state index in [0.29, 0.717) is 18.2 Å². The van der Waals surface area contributed by atoms with Gasteiger partial charge in [-0.3, -0.25) is 4.79 Å². The zero-order chi connectivity index (χ0) is 14.7. The predicted octanol–water partition coefficient (Wildman–Crippen LogP) is 2.13. The number of hydrogen-bond acceptors (Lipinski definition) is 4. The third kappa shape index (κ3) is 2.95. The van der Waals surface area contributed by atoms with Gasteiger partial charge in [-0.1, -0.05) is 18.2 Å². The van der Waals surface area contributed by atoms with Gasteiger partial charge in [0.2, 0.25) is 0 Å². The molecule has 0 saturated heterocycles. The molecule has 0 radical (unpaired) electrons. The highest BCUT2D eigenvalue weighted by Gasteiger charge is 2.17. The van der Waals surface area contributed by atoms with Gasteiger partial charge in [0, 0.05) is 12.1 Å². The molecule has 1 heterocycles. The van der Waals surface area contributed by atoms with Crippen LogP contribution in [0.1, 0.15) is 30.4 Å². The van der Waals surface area contributed by atoms with Gasteiger partial charge in [0.25, 0.3) is 5.56 Å². The van der Waals surface area contributed by atoms with Crippen LogP contribution >= 0.6 is 0 Å². The molecule has 0 aliphatic heterocycles. The van der Waals surface area contributed by atoms with Gasteiger partial charge in [0.05, 0.1) is 30.1 Å². The van der Waals surface area contributed by atoms with Crippen molar-refractivity contribution in [3.8, 4) is 6.07 Å². The Balaban J connectivity index is 1.79. The largest absolute Gasteiger partial charge is 0.381 e. The van der Waals surface area contributed by atoms with Crippen LogP contribution in [0.15, 0.2) is 41.3 Å². The molecule has 1 N–H and O–H groups in total. The molecule has 2 aromatic rings. The first-order valence-corrected chi connectivity index (χ1v) is 7.08. The monoisotopic (exact) mass is 280 g/mol. The van der Waals surface area contributed by atoms with Crippen molar-refractivity contribution in [3.05, 3.63) is 58.0 Å². The summed E-state index contributed by atoms with van der Waals surface area (Å²) in [6, 6.07) is 11.4. The number of nitrogens with zero attached hydrogens (tertiary/aromatic N) is 3. The van der Waals surface area contributed by atoms with Gasteiger partial charge in [0.1, 0.15) is 0 Å². The summed E-state index contributed by atoms with van der Waals surface area (Å²) in [5.41, 5.74) is 1.98. The Kier molecular flexibility index (Phi) is 3.69. The van der Waals surface area contributed by atoms with E-state index in [0.717, 1.165) is 24.1 Å². The highest BCUT2D eigenvalue weighted by Crippen LogP contribution is 2.22. The fraction of sp³-hybridized carbons (Fsp3) is 0.312. The second-order valence-corrected chi connectivity index (χ2v) is 5.28. The van der Waals surface area contributed by atoms with Gasteiger partial charge >= 0.3 is 0 Å². The first kappa shape index (κ1) is 13.4. The van der Waals surface area contributed by atoms with Crippen LogP contribution in [0.2, 0.25) is 0 Å². The average Bonchev–Trinajstić information content (AvgIpc) is 2.46. The Morgan fingerprint density at radius 3 is 2.86 bits per heavy atom. The van der Waals surface area contributed by atoms with Crippen LogP contribution in [-0.4, -0.2) is 15.8 Å². The van der Waals surface area contributed by atoms with Crippen LogP contribution in [0, 0.1) is 11.3 Å². The van der Waals surface area contributed by atoms with Crippen LogP contribution in [0.4, 0.5) is 5.69 Å². The van der Waals surface area contributed by atoms with Crippen molar-refractivity contribution in [2.24, 2.45) is 0 Å². The number of rotatable bonds is 4. The van der Waals surface area contributed by atoms with E-state index in [1.54, 1.807) is 18.3 Å². The molecule has 5 heteroatoms. The minimum Gasteiger partial charge on any atom is -0.381 e. The number of aromatic nitrogens is 2. The van der Waals surface area contributed by atoms with E-state index in [1.807, 2.05) is 18.2 Å². The van der Waals surface area contributed by atoms with Crippen molar-refractivity contribution >= 4 is 5.69 Å². The minimum atomic E-state index is -0.160. The van der Waals surface area contributed by atoms with E-state index in [1.165, 1.54) is 11.1 Å². The summed E-state index contributed by atoms with van der Waals surface area (Å²) in [5.74, 6) is 0. The summed E-state index contributed by atoms with van der Waals surface area (Å²) < 4.78 is 1.38. The van der Waals surface area contributed by atoms with E-state index in [4.69, 9.17) is 5.26 Å². The molecule has 1 aliphatic carbocycles. The smallest absolute Gasteiger partial charge is 0.269 e. The van der Waals surface area contributed by atoms with Crippen molar-refractivity contribution in [2.45, 2.75) is 31.8 Å². The maximum atomic E-state index is 12.1. The molecule has 1 fully saturated rings. The van der Waals surface area contributed by atoms with E-state index in [-0.39, 0.29) is 5.56 Å². The number of nitrogens with one attached hydrogen (secondary N) is 1. The maximum absolute atomic E-state index is 12.1. The zero-order valence-corrected chi connectivity index (χ0v) is 11.6. The third-order valence-electron chi connectivity index (χ3n) is 3.80. The SMILES string of the molecule is N#Cc1ccccc1Cn1ncc(NC2CCC2)cc1=O. The summed E-state index contributed by atoms with van der Waals surface area (Å²) in [4.78, 5) is 12.1. The summed E-state index contributed by atoms with van der Waals surface area (Å²) in [6.07, 6.45) is 5.22. The van der Waals surface area contributed by atoms with Gasteiger partial charge < -0.3 is 5.32 Å². The molecule has 21 heavy (non-hydrogen) atoms. The van der Waals surface area contributed by atoms with Crippen molar-refractivity contribution in [3.63, 3.8) is 0 Å². The summed E-state index contributed by atoms with van der Waals surface area (Å²) in [7, 11) is 0. The topological polar surface area (TPSA) is 70.7 Å². The van der Waals surface area contributed by atoms with Gasteiger partial charge in [0.15, 0.2) is 0 Å². The Bertz CT molecular complexity index is 740. The highest BCUT2D eigenvalue weighted by molar-refractivity contribution is 5.41. The molecule has 5 nitrogen and oxygen atoms in total. The number of nitriles is 1. The minimum absolute atomic E-state index is 0.160. The second-order valence-electron chi connectivity index (χ2n) is 5.28. The highest BCUT2D eigenvalue weighted by atomic mass is 16.1. The molecular formula is C16H16N4O. The average molecular weight is 280 g/mol. The lowest BCUT2D eigenvalue weighted by Crippen LogP contribution is -2.29. The van der Waals surface area contributed by atoms with Crippen LogP contribution in [0.3, 0.4) is 0 Å². The van der Waals surface area contributed by atoms with Crippen LogP contribution < -0.4 is 10.9 Å². The van der Waals surface area contributed by atoms with Gasteiger partial charge in [-0.25, -0.2) is 4.68 Å². The summed E-state index contributed by atoms with van der Waals surface area (Å²) in [5, 5.41) is 16.6. The molecular weight excluding hydrogens is 264 g/mol. The molecule has 3 rings (SSSR count). The fourth-order valence-corrected chi connectivity index (χ4v) is 2.35. The standard InChI is InChI=1S/C16H16N4O/c17-9-12-4-1-2-5-13(12)11-20-16(21)8-15(10-18-20)19-14-6-3-7-14/h1-2,4-5,8,10,14,19H,3,6-7,11H2. The van der Waals surface area contributed by atoms with Crippen LogP contribution in [0.5, 0.6) is 0 Å². The molecule has 0 unspecified atom stereocenters. The van der Waals surface area contributed by atoms with Gasteiger partial charge in [-0.2, -0.15) is 10.4 Å². The summed E-state index contributed by atoms with van der Waals surface area (Å²) >= 11 is 0. The zero-order valence-electron chi connectivity index (χ0n) is 11.6. The van der Waals surface area contributed by atoms with Crippen molar-refractivity contribution in [2.75, 3.05) is 5.32 Å². The van der Waals surface area contributed by atoms with Crippen molar-refractivity contribution in [1.82, 2.24) is 9.78 Å². The summed E-state index contributed by atoms with van der Waals surface area (Å²) in [6.45, 7) is 0.312. The Labute approximate surface area is 122 Å². The van der Waals surface area contributed by atoms with E-state index in [2.05, 4.69) is 16.5 Å². The normalized spacial score (nSPS) is 14.2. The first-order chi connectivity index (χ1) is 10.3. The molecule has 0 spiro atoms. The number of benzene rings is 1. The quantitative estimate of drug-likeness (QED) is 0.931. The lowest BCUT2D eigenvalue weighted by Gasteiger charge is -2.27. The lowest BCUT2D eigenvalue weighted by molar-refractivity contribution is 0.445. The van der Waals surface area contributed by atoms with Crippen molar-refractivity contribution < 1.29 is 0 Å². The van der Waals surface area contributed by atoms with Crippen LogP contribution in [0.25, 0.3) is 0 Å². The molecule has 1 aromatic heterocycles. The third-order valence-corrected chi connectivity index (χ3v) is 3.80. The predicted molar refractivity (Wildman–Crippen MR) is 80.0 cm³/mol. The number of anilines is 1. The molecule has 1 saturated carbocycles. The van der Waals surface area contributed by atoms with E-state index in [9.17, 15) is 4.79 Å². The lowest BCUT2D eigenvalue weighted by atomic mass is 9.93. The van der Waals surface area contributed by atoms with Crippen LogP contribution in [-0.2, 0) is 6.54 Å².